The lowest BCUT2D eigenvalue weighted by Crippen LogP contribution is -2.26. The van der Waals surface area contributed by atoms with Gasteiger partial charge in [0.2, 0.25) is 11.8 Å². The molecular weight excluding hydrogens is 431 g/mol. The first-order valence-corrected chi connectivity index (χ1v) is 9.81. The fourth-order valence-corrected chi connectivity index (χ4v) is 2.92. The molecule has 2 aromatic carbocycles. The third-order valence-corrected chi connectivity index (χ3v) is 4.50. The van der Waals surface area contributed by atoms with Gasteiger partial charge in [-0.15, -0.1) is 15.3 Å². The lowest BCUT2D eigenvalue weighted by atomic mass is 10.2. The molecule has 2 aromatic heterocycles. The first-order chi connectivity index (χ1) is 16.0. The van der Waals surface area contributed by atoms with Gasteiger partial charge in [-0.3, -0.25) is 14.9 Å². The standard InChI is InChI=1S/C22H17FN6O4/c23-17-3-1-2-16(14-17)22-26-25-19-9-11-21(27-28(19)22)33-13-12-24-20(30)10-6-15-4-7-18(8-5-15)29(31)32/h1-11,14H,12-13H2,(H,24,30)/b10-6+. The minimum absolute atomic E-state index is 0.0184. The maximum absolute atomic E-state index is 13.5. The molecule has 1 amide bonds. The molecule has 33 heavy (non-hydrogen) atoms. The van der Waals surface area contributed by atoms with Crippen LogP contribution in [-0.4, -0.2) is 43.8 Å². The molecule has 0 bridgehead atoms. The van der Waals surface area contributed by atoms with E-state index in [1.807, 2.05) is 0 Å². The lowest BCUT2D eigenvalue weighted by molar-refractivity contribution is -0.384. The number of amides is 1. The predicted molar refractivity (Wildman–Crippen MR) is 117 cm³/mol. The molecule has 10 nitrogen and oxygen atoms in total. The summed E-state index contributed by atoms with van der Waals surface area (Å²) in [5.41, 5.74) is 1.65. The van der Waals surface area contributed by atoms with Crippen molar-refractivity contribution in [1.29, 1.82) is 0 Å². The number of nitrogens with zero attached hydrogens (tertiary/aromatic N) is 5. The van der Waals surface area contributed by atoms with Gasteiger partial charge < -0.3 is 10.1 Å². The van der Waals surface area contributed by atoms with Crippen molar-refractivity contribution in [3.8, 4) is 17.3 Å². The minimum Gasteiger partial charge on any atom is -0.475 e. The molecule has 0 aliphatic rings. The number of halogens is 1. The zero-order chi connectivity index (χ0) is 23.2. The van der Waals surface area contributed by atoms with E-state index in [9.17, 15) is 19.3 Å². The molecule has 2 heterocycles. The number of non-ortho nitro benzene ring substituents is 1. The molecule has 4 aromatic rings. The van der Waals surface area contributed by atoms with E-state index in [0.29, 0.717) is 22.6 Å². The number of nitrogens with one attached hydrogen (secondary N) is 1. The molecule has 0 saturated heterocycles. The van der Waals surface area contributed by atoms with Gasteiger partial charge in [-0.25, -0.2) is 4.39 Å². The van der Waals surface area contributed by atoms with Crippen LogP contribution in [0.15, 0.2) is 66.7 Å². The Morgan fingerprint density at radius 2 is 1.97 bits per heavy atom. The van der Waals surface area contributed by atoms with E-state index in [1.54, 1.807) is 42.5 Å². The number of benzene rings is 2. The number of ether oxygens (including phenoxy) is 1. The second kappa shape index (κ2) is 9.64. The molecule has 11 heteroatoms. The van der Waals surface area contributed by atoms with Crippen LogP contribution in [0.25, 0.3) is 23.1 Å². The van der Waals surface area contributed by atoms with Gasteiger partial charge in [-0.05, 0) is 42.0 Å². The molecule has 0 aliphatic heterocycles. The number of fused-ring (bicyclic) bond motifs is 1. The van der Waals surface area contributed by atoms with Gasteiger partial charge in [-0.2, -0.15) is 4.52 Å². The summed E-state index contributed by atoms with van der Waals surface area (Å²) in [4.78, 5) is 22.1. The normalized spacial score (nSPS) is 11.1. The van der Waals surface area contributed by atoms with E-state index < -0.39 is 10.7 Å². The number of hydrogen-bond donors (Lipinski definition) is 1. The highest BCUT2D eigenvalue weighted by Gasteiger charge is 2.11. The fourth-order valence-electron chi connectivity index (χ4n) is 2.92. The van der Waals surface area contributed by atoms with Crippen LogP contribution in [0, 0.1) is 15.9 Å². The van der Waals surface area contributed by atoms with Crippen molar-refractivity contribution in [3.05, 3.63) is 88.2 Å². The van der Waals surface area contributed by atoms with E-state index in [-0.39, 0.29) is 30.6 Å². The Hall–Kier alpha value is -4.67. The summed E-state index contributed by atoms with van der Waals surface area (Å²) in [5, 5.41) is 25.7. The van der Waals surface area contributed by atoms with Crippen molar-refractivity contribution in [2.45, 2.75) is 0 Å². The highest BCUT2D eigenvalue weighted by atomic mass is 19.1. The lowest BCUT2D eigenvalue weighted by Gasteiger charge is -2.06. The van der Waals surface area contributed by atoms with E-state index in [1.165, 1.54) is 34.9 Å². The Bertz CT molecular complexity index is 1340. The number of hydrogen-bond acceptors (Lipinski definition) is 7. The summed E-state index contributed by atoms with van der Waals surface area (Å²) < 4.78 is 20.6. The van der Waals surface area contributed by atoms with Gasteiger partial charge in [0.15, 0.2) is 11.5 Å². The van der Waals surface area contributed by atoms with Crippen molar-refractivity contribution >= 4 is 23.3 Å². The maximum atomic E-state index is 13.5. The Balaban J connectivity index is 1.31. The Morgan fingerprint density at radius 1 is 1.15 bits per heavy atom. The highest BCUT2D eigenvalue weighted by molar-refractivity contribution is 5.91. The molecule has 0 spiro atoms. The summed E-state index contributed by atoms with van der Waals surface area (Å²) >= 11 is 0. The second-order valence-corrected chi connectivity index (χ2v) is 6.80. The zero-order valence-corrected chi connectivity index (χ0v) is 17.1. The smallest absolute Gasteiger partial charge is 0.269 e. The van der Waals surface area contributed by atoms with Gasteiger partial charge in [0.05, 0.1) is 11.5 Å². The van der Waals surface area contributed by atoms with Crippen molar-refractivity contribution < 1.29 is 18.8 Å². The molecule has 0 atom stereocenters. The SMILES string of the molecule is O=C(/C=C/c1ccc([N+](=O)[O-])cc1)NCCOc1ccc2nnc(-c3cccc(F)c3)n2n1. The number of nitro groups is 1. The minimum atomic E-state index is -0.488. The van der Waals surface area contributed by atoms with Gasteiger partial charge in [-0.1, -0.05) is 12.1 Å². The Labute approximate surface area is 186 Å². The molecule has 166 valence electrons. The highest BCUT2D eigenvalue weighted by Crippen LogP contribution is 2.19. The maximum Gasteiger partial charge on any atom is 0.269 e. The largest absolute Gasteiger partial charge is 0.475 e. The number of carbonyl (C=O) groups excluding carboxylic acids is 1. The van der Waals surface area contributed by atoms with Crippen molar-refractivity contribution in [2.75, 3.05) is 13.2 Å². The molecular formula is C22H17FN6O4. The molecule has 0 radical (unpaired) electrons. The summed E-state index contributed by atoms with van der Waals surface area (Å²) in [6.45, 7) is 0.384. The van der Waals surface area contributed by atoms with Crippen molar-refractivity contribution in [1.82, 2.24) is 25.1 Å². The van der Waals surface area contributed by atoms with Crippen LogP contribution < -0.4 is 10.1 Å². The molecule has 4 rings (SSSR count). The van der Waals surface area contributed by atoms with Gasteiger partial charge in [0, 0.05) is 29.8 Å². The van der Waals surface area contributed by atoms with E-state index in [4.69, 9.17) is 4.74 Å². The quantitative estimate of drug-likeness (QED) is 0.190. The van der Waals surface area contributed by atoms with Crippen molar-refractivity contribution in [3.63, 3.8) is 0 Å². The van der Waals surface area contributed by atoms with Crippen LogP contribution in [0.2, 0.25) is 0 Å². The summed E-state index contributed by atoms with van der Waals surface area (Å²) in [6, 6.07) is 15.1. The number of carbonyl (C=O) groups is 1. The van der Waals surface area contributed by atoms with Crippen molar-refractivity contribution in [2.24, 2.45) is 0 Å². The molecule has 0 fully saturated rings. The molecule has 1 N–H and O–H groups in total. The third kappa shape index (κ3) is 5.34. The monoisotopic (exact) mass is 448 g/mol. The van der Waals surface area contributed by atoms with Crippen LogP contribution in [0.5, 0.6) is 5.88 Å². The predicted octanol–water partition coefficient (Wildman–Crippen LogP) is 3.05. The number of rotatable bonds is 8. The molecule has 0 saturated carbocycles. The summed E-state index contributed by atoms with van der Waals surface area (Å²) in [7, 11) is 0. The molecule has 0 unspecified atom stereocenters. The van der Waals surface area contributed by atoms with E-state index in [2.05, 4.69) is 20.6 Å². The van der Waals surface area contributed by atoms with Gasteiger partial charge >= 0.3 is 0 Å². The number of aromatic nitrogens is 4. The zero-order valence-electron chi connectivity index (χ0n) is 17.1. The average molecular weight is 448 g/mol. The average Bonchev–Trinajstić information content (AvgIpc) is 3.24. The Kier molecular flexibility index (Phi) is 6.30. The fraction of sp³-hybridized carbons (Fsp3) is 0.0909. The Morgan fingerprint density at radius 3 is 2.73 bits per heavy atom. The van der Waals surface area contributed by atoms with Gasteiger partial charge in [0.25, 0.3) is 5.69 Å². The van der Waals surface area contributed by atoms with Crippen LogP contribution in [0.3, 0.4) is 0 Å². The van der Waals surface area contributed by atoms with Crippen LogP contribution in [-0.2, 0) is 4.79 Å². The molecule has 0 aliphatic carbocycles. The van der Waals surface area contributed by atoms with Crippen LogP contribution in [0.1, 0.15) is 5.56 Å². The topological polar surface area (TPSA) is 125 Å². The second-order valence-electron chi connectivity index (χ2n) is 6.80. The summed E-state index contributed by atoms with van der Waals surface area (Å²) in [6.07, 6.45) is 2.88. The third-order valence-electron chi connectivity index (χ3n) is 4.50. The van der Waals surface area contributed by atoms with Gasteiger partial charge in [0.1, 0.15) is 12.4 Å². The first kappa shape index (κ1) is 21.6. The summed E-state index contributed by atoms with van der Waals surface area (Å²) in [5.74, 6) is -0.0714. The van der Waals surface area contributed by atoms with Crippen LogP contribution in [0.4, 0.5) is 10.1 Å². The number of nitro benzene ring substituents is 1. The van der Waals surface area contributed by atoms with E-state index in [0.717, 1.165) is 0 Å². The first-order valence-electron chi connectivity index (χ1n) is 9.81. The van der Waals surface area contributed by atoms with E-state index >= 15 is 0 Å². The van der Waals surface area contributed by atoms with Crippen LogP contribution >= 0.6 is 0 Å².